The van der Waals surface area contributed by atoms with Gasteiger partial charge >= 0.3 is 0 Å². The van der Waals surface area contributed by atoms with Gasteiger partial charge in [0.2, 0.25) is 10.0 Å². The minimum absolute atomic E-state index is 0.0221. The second-order valence-electron chi connectivity index (χ2n) is 7.55. The molecule has 0 radical (unpaired) electrons. The smallest absolute Gasteiger partial charge is 0.261 e. The van der Waals surface area contributed by atoms with Crippen LogP contribution in [0.2, 0.25) is 0 Å². The van der Waals surface area contributed by atoms with E-state index in [1.165, 1.54) is 17.6 Å². The predicted molar refractivity (Wildman–Crippen MR) is 110 cm³/mol. The molecule has 0 aliphatic carbocycles. The van der Waals surface area contributed by atoms with E-state index >= 15 is 0 Å². The Morgan fingerprint density at radius 3 is 2.37 bits per heavy atom. The number of carbonyl (C=O) groups excluding carboxylic acids is 1. The topological polar surface area (TPSA) is 116 Å². The van der Waals surface area contributed by atoms with Gasteiger partial charge in [0, 0.05) is 6.54 Å². The molecule has 30 heavy (non-hydrogen) atoms. The molecule has 1 aliphatic rings. The summed E-state index contributed by atoms with van der Waals surface area (Å²) in [5.74, 6) is -0.310. The number of hydroxylamine groups is 1. The number of aliphatic hydroxyl groups excluding tert-OH is 1. The van der Waals surface area contributed by atoms with Gasteiger partial charge < -0.3 is 9.84 Å². The van der Waals surface area contributed by atoms with E-state index in [9.17, 15) is 18.3 Å². The molecule has 8 nitrogen and oxygen atoms in total. The Kier molecular flexibility index (Phi) is 6.77. The van der Waals surface area contributed by atoms with Gasteiger partial charge in [0.25, 0.3) is 5.91 Å². The van der Waals surface area contributed by atoms with Crippen LogP contribution in [0.15, 0.2) is 47.4 Å². The fourth-order valence-corrected chi connectivity index (χ4v) is 5.34. The fourth-order valence-electron chi connectivity index (χ4n) is 3.68. The number of aliphatic hydroxyl groups is 1. The van der Waals surface area contributed by atoms with Gasteiger partial charge in [-0.3, -0.25) is 10.0 Å². The molecular formula is C21H26N2O6S. The lowest BCUT2D eigenvalue weighted by Gasteiger charge is -2.35. The zero-order chi connectivity index (χ0) is 21.9. The lowest BCUT2D eigenvalue weighted by molar-refractivity contribution is -0.135. The van der Waals surface area contributed by atoms with Crippen LogP contribution in [0, 0.1) is 13.8 Å². The molecule has 0 saturated carbocycles. The second kappa shape index (κ2) is 9.13. The maximum Gasteiger partial charge on any atom is 0.261 e. The molecular weight excluding hydrogens is 408 g/mol. The Hall–Kier alpha value is -2.46. The number of aryl methyl sites for hydroxylation is 2. The van der Waals surface area contributed by atoms with Gasteiger partial charge in [0.05, 0.1) is 11.0 Å². The van der Waals surface area contributed by atoms with Crippen molar-refractivity contribution < 1.29 is 28.3 Å². The van der Waals surface area contributed by atoms with E-state index in [2.05, 4.69) is 6.07 Å². The van der Waals surface area contributed by atoms with Gasteiger partial charge in [-0.15, -0.1) is 0 Å². The summed E-state index contributed by atoms with van der Waals surface area (Å²) in [7, 11) is -4.05. The lowest BCUT2D eigenvalue weighted by Crippen LogP contribution is -2.54. The molecule has 1 saturated heterocycles. The van der Waals surface area contributed by atoms with Crippen molar-refractivity contribution in [3.63, 3.8) is 0 Å². The van der Waals surface area contributed by atoms with E-state index in [1.54, 1.807) is 12.1 Å². The Bertz CT molecular complexity index is 986. The Balaban J connectivity index is 1.75. The van der Waals surface area contributed by atoms with Crippen LogP contribution in [0.25, 0.3) is 0 Å². The van der Waals surface area contributed by atoms with Gasteiger partial charge in [0.1, 0.15) is 18.4 Å². The Morgan fingerprint density at radius 2 is 1.77 bits per heavy atom. The first-order chi connectivity index (χ1) is 14.2. The number of hydrogen-bond acceptors (Lipinski definition) is 6. The van der Waals surface area contributed by atoms with Crippen LogP contribution < -0.4 is 10.2 Å². The number of hydrogen-bond donors (Lipinski definition) is 3. The summed E-state index contributed by atoms with van der Waals surface area (Å²) in [4.78, 5) is 11.9. The summed E-state index contributed by atoms with van der Waals surface area (Å²) in [6.45, 7) is 4.16. The van der Waals surface area contributed by atoms with Gasteiger partial charge in [-0.1, -0.05) is 29.3 Å². The number of β-amino-alcohol motifs (C(OH)–C–C–N with tert-alkyl or cyclic N) is 1. The third-order valence-electron chi connectivity index (χ3n) is 5.04. The van der Waals surface area contributed by atoms with Crippen molar-refractivity contribution in [2.75, 3.05) is 6.54 Å². The van der Waals surface area contributed by atoms with Crippen molar-refractivity contribution in [3.05, 3.63) is 59.2 Å². The minimum Gasteiger partial charge on any atom is -0.489 e. The SMILES string of the molecule is Cc1cc(C)cc(COc2ccc(S(=O)(=O)N3C[C@H](O)CC[C@@H]3C(=O)NO)cc2)c1. The largest absolute Gasteiger partial charge is 0.489 e. The lowest BCUT2D eigenvalue weighted by atomic mass is 10.0. The van der Waals surface area contributed by atoms with Crippen LogP contribution >= 0.6 is 0 Å². The summed E-state index contributed by atoms with van der Waals surface area (Å²) in [6.07, 6.45) is -0.484. The number of piperidine rings is 1. The quantitative estimate of drug-likeness (QED) is 0.472. The van der Waals surface area contributed by atoms with Gasteiger partial charge in [0.15, 0.2) is 0 Å². The van der Waals surface area contributed by atoms with E-state index in [0.29, 0.717) is 12.4 Å². The first-order valence-electron chi connectivity index (χ1n) is 9.64. The normalized spacial score (nSPS) is 20.0. The highest BCUT2D eigenvalue weighted by atomic mass is 32.2. The molecule has 1 fully saturated rings. The standard InChI is InChI=1S/C21H26N2O6S/c1-14-9-15(2)11-16(10-14)13-29-18-4-6-19(7-5-18)30(27,28)23-12-17(24)3-8-20(23)21(25)22-26/h4-7,9-11,17,20,24,26H,3,8,12-13H2,1-2H3,(H,22,25)/t17-,20-/m1/s1. The predicted octanol–water partition coefficient (Wildman–Crippen LogP) is 1.90. The zero-order valence-electron chi connectivity index (χ0n) is 16.9. The van der Waals surface area contributed by atoms with Crippen molar-refractivity contribution in [3.8, 4) is 5.75 Å². The summed E-state index contributed by atoms with van der Waals surface area (Å²) in [6, 6.07) is 11.0. The number of amides is 1. The molecule has 3 N–H and O–H groups in total. The number of benzene rings is 2. The summed E-state index contributed by atoms with van der Waals surface area (Å²) in [5.41, 5.74) is 4.80. The number of rotatable bonds is 6. The average molecular weight is 435 g/mol. The molecule has 0 unspecified atom stereocenters. The first kappa shape index (κ1) is 22.2. The van der Waals surface area contributed by atoms with Crippen LogP contribution in [-0.4, -0.2) is 47.6 Å². The van der Waals surface area contributed by atoms with E-state index < -0.39 is 28.1 Å². The fraction of sp³-hybridized carbons (Fsp3) is 0.381. The van der Waals surface area contributed by atoms with Crippen molar-refractivity contribution in [2.45, 2.75) is 50.3 Å². The van der Waals surface area contributed by atoms with E-state index in [4.69, 9.17) is 9.94 Å². The van der Waals surface area contributed by atoms with Crippen LogP contribution in [-0.2, 0) is 21.4 Å². The molecule has 2 aromatic rings. The van der Waals surface area contributed by atoms with Crippen LogP contribution in [0.5, 0.6) is 5.75 Å². The number of nitrogens with zero attached hydrogens (tertiary/aromatic N) is 1. The summed E-state index contributed by atoms with van der Waals surface area (Å²) >= 11 is 0. The Labute approximate surface area is 176 Å². The third-order valence-corrected chi connectivity index (χ3v) is 6.93. The van der Waals surface area contributed by atoms with Crippen molar-refractivity contribution in [1.82, 2.24) is 9.79 Å². The second-order valence-corrected chi connectivity index (χ2v) is 9.44. The number of ether oxygens (including phenoxy) is 1. The van der Waals surface area contributed by atoms with E-state index in [1.807, 2.05) is 26.0 Å². The van der Waals surface area contributed by atoms with E-state index in [-0.39, 0.29) is 24.3 Å². The summed E-state index contributed by atoms with van der Waals surface area (Å²) in [5, 5.41) is 18.8. The van der Waals surface area contributed by atoms with Gasteiger partial charge in [-0.2, -0.15) is 4.31 Å². The molecule has 3 rings (SSSR count). The minimum atomic E-state index is -4.05. The number of sulfonamides is 1. The van der Waals surface area contributed by atoms with Crippen LogP contribution in [0.1, 0.15) is 29.5 Å². The highest BCUT2D eigenvalue weighted by Crippen LogP contribution is 2.27. The number of carbonyl (C=O) groups is 1. The monoisotopic (exact) mass is 434 g/mol. The van der Waals surface area contributed by atoms with Crippen LogP contribution in [0.3, 0.4) is 0 Å². The highest BCUT2D eigenvalue weighted by Gasteiger charge is 2.40. The third kappa shape index (κ3) is 4.99. The molecule has 1 aliphatic heterocycles. The summed E-state index contributed by atoms with van der Waals surface area (Å²) < 4.78 is 32.8. The molecule has 2 aromatic carbocycles. The van der Waals surface area contributed by atoms with Crippen molar-refractivity contribution in [1.29, 1.82) is 0 Å². The van der Waals surface area contributed by atoms with Gasteiger partial charge in [-0.05, 0) is 56.5 Å². The van der Waals surface area contributed by atoms with Crippen molar-refractivity contribution in [2.24, 2.45) is 0 Å². The Morgan fingerprint density at radius 1 is 1.13 bits per heavy atom. The first-order valence-corrected chi connectivity index (χ1v) is 11.1. The molecule has 2 atom stereocenters. The molecule has 9 heteroatoms. The maximum absolute atomic E-state index is 13.0. The van der Waals surface area contributed by atoms with E-state index in [0.717, 1.165) is 21.0 Å². The van der Waals surface area contributed by atoms with Gasteiger partial charge in [-0.25, -0.2) is 13.9 Å². The molecule has 0 spiro atoms. The molecule has 162 valence electrons. The average Bonchev–Trinajstić information content (AvgIpc) is 2.71. The molecule has 0 bridgehead atoms. The molecule has 1 amide bonds. The molecule has 0 aromatic heterocycles. The number of nitrogens with one attached hydrogen (secondary N) is 1. The molecule has 1 heterocycles. The highest BCUT2D eigenvalue weighted by molar-refractivity contribution is 7.89. The maximum atomic E-state index is 13.0. The van der Waals surface area contributed by atoms with Crippen LogP contribution in [0.4, 0.5) is 0 Å². The van der Waals surface area contributed by atoms with Crippen molar-refractivity contribution >= 4 is 15.9 Å². The zero-order valence-corrected chi connectivity index (χ0v) is 17.7.